The first-order valence-electron chi connectivity index (χ1n) is 15.4. The molecule has 2 N–H and O–H groups in total. The van der Waals surface area contributed by atoms with Gasteiger partial charge in [0.25, 0.3) is 5.91 Å². The Balaban J connectivity index is 1.27. The van der Waals surface area contributed by atoms with Gasteiger partial charge in [-0.15, -0.1) is 5.10 Å². The van der Waals surface area contributed by atoms with Gasteiger partial charge in [0.05, 0.1) is 30.7 Å². The number of nitrogens with one attached hydrogen (secondary N) is 1. The minimum Gasteiger partial charge on any atom is -0.455 e. The van der Waals surface area contributed by atoms with Gasteiger partial charge in [0, 0.05) is 19.5 Å². The van der Waals surface area contributed by atoms with Gasteiger partial charge in [0.1, 0.15) is 35.9 Å². The third-order valence-electron chi connectivity index (χ3n) is 9.20. The highest BCUT2D eigenvalue weighted by molar-refractivity contribution is 5.99. The number of benzene rings is 2. The number of aromatic nitrogens is 3. The summed E-state index contributed by atoms with van der Waals surface area (Å²) >= 11 is 0. The molecule has 46 heavy (non-hydrogen) atoms. The molecular weight excluding hydrogens is 592 g/mol. The van der Waals surface area contributed by atoms with E-state index in [1.165, 1.54) is 9.80 Å². The average Bonchev–Trinajstić information content (AvgIpc) is 3.82. The molecule has 0 radical (unpaired) electrons. The van der Waals surface area contributed by atoms with E-state index in [-0.39, 0.29) is 45.2 Å². The Morgan fingerprint density at radius 3 is 2.63 bits per heavy atom. The van der Waals surface area contributed by atoms with Crippen LogP contribution < -0.4 is 5.32 Å². The van der Waals surface area contributed by atoms with E-state index < -0.39 is 53.5 Å². The fourth-order valence-electron chi connectivity index (χ4n) is 7.08. The number of para-hydroxylation sites is 1. The monoisotopic (exact) mass is 626 g/mol. The lowest BCUT2D eigenvalue weighted by Gasteiger charge is -2.35. The molecule has 238 valence electrons. The topological polar surface area (TPSA) is 156 Å². The number of fused-ring (bicyclic) bond motifs is 3. The van der Waals surface area contributed by atoms with Crippen LogP contribution in [0.2, 0.25) is 0 Å². The van der Waals surface area contributed by atoms with Crippen molar-refractivity contribution in [1.29, 1.82) is 0 Å². The molecule has 7 rings (SSSR count). The number of amides is 3. The number of esters is 1. The molecule has 2 aromatic carbocycles. The van der Waals surface area contributed by atoms with Gasteiger partial charge in [-0.2, -0.15) is 0 Å². The Hall–Kier alpha value is -4.88. The number of likely N-dealkylation sites (tertiary alicyclic amines) is 1. The lowest BCUT2D eigenvalue weighted by atomic mass is 9.74. The predicted molar refractivity (Wildman–Crippen MR) is 162 cm³/mol. The minimum absolute atomic E-state index is 0.0138. The number of β-amino-alcohol motifs (C(OH)–C–C–N with tert-alkyl or cyclic N) is 1. The van der Waals surface area contributed by atoms with Gasteiger partial charge in [0.2, 0.25) is 11.8 Å². The molecule has 3 amide bonds. The van der Waals surface area contributed by atoms with E-state index >= 15 is 0 Å². The van der Waals surface area contributed by atoms with Gasteiger partial charge < -0.3 is 29.7 Å². The number of cyclic esters (lactones) is 1. The fourth-order valence-corrected chi connectivity index (χ4v) is 7.08. The lowest BCUT2D eigenvalue weighted by Crippen LogP contribution is -2.56. The van der Waals surface area contributed by atoms with Crippen molar-refractivity contribution in [3.63, 3.8) is 0 Å². The van der Waals surface area contributed by atoms with Crippen LogP contribution in [0.3, 0.4) is 0 Å². The second kappa shape index (κ2) is 12.1. The van der Waals surface area contributed by atoms with Gasteiger partial charge in [-0.05, 0) is 24.1 Å². The second-order valence-corrected chi connectivity index (χ2v) is 11.9. The van der Waals surface area contributed by atoms with Crippen LogP contribution >= 0.6 is 0 Å². The lowest BCUT2D eigenvalue weighted by molar-refractivity contribution is -0.160. The van der Waals surface area contributed by atoms with E-state index in [4.69, 9.17) is 9.47 Å². The van der Waals surface area contributed by atoms with Crippen molar-refractivity contribution in [3.05, 3.63) is 84.5 Å². The second-order valence-electron chi connectivity index (χ2n) is 11.9. The maximum atomic E-state index is 14.6. The van der Waals surface area contributed by atoms with Crippen LogP contribution in [0.5, 0.6) is 0 Å². The number of aliphatic hydroxyl groups is 1. The number of hydrogen-bond acceptors (Lipinski definition) is 9. The predicted octanol–water partition coefficient (Wildman–Crippen LogP) is 1.11. The fraction of sp³-hybridized carbons (Fsp3) is 0.394. The van der Waals surface area contributed by atoms with Crippen molar-refractivity contribution < 1.29 is 33.8 Å². The van der Waals surface area contributed by atoms with Crippen LogP contribution in [0.1, 0.15) is 24.5 Å². The molecule has 13 nitrogen and oxygen atoms in total. The highest BCUT2D eigenvalue weighted by Crippen LogP contribution is 2.55. The van der Waals surface area contributed by atoms with Gasteiger partial charge in [-0.25, -0.2) is 4.68 Å². The van der Waals surface area contributed by atoms with Crippen LogP contribution in [0.4, 0.5) is 0 Å². The Bertz CT molecular complexity index is 1720. The van der Waals surface area contributed by atoms with E-state index in [0.29, 0.717) is 17.5 Å². The van der Waals surface area contributed by atoms with Gasteiger partial charge in [-0.1, -0.05) is 72.0 Å². The number of carbonyl (C=O) groups is 4. The van der Waals surface area contributed by atoms with Crippen molar-refractivity contribution in [2.45, 2.75) is 43.4 Å². The van der Waals surface area contributed by atoms with Crippen LogP contribution in [0, 0.1) is 11.8 Å². The highest BCUT2D eigenvalue weighted by Gasteiger charge is 2.73. The maximum Gasteiger partial charge on any atom is 0.313 e. The van der Waals surface area contributed by atoms with Crippen molar-refractivity contribution in [1.82, 2.24) is 30.1 Å². The molecule has 3 aromatic rings. The zero-order valence-electron chi connectivity index (χ0n) is 25.0. The standard InChI is InChI=1S/C33H34N6O7/c40-18-17-38-29-31(43)37(20-39-23-12-7-6-11-22(23)35-36-39)16-8-2-5-13-26(41)34-19-25(21-9-3-1-4-10-21)45-32(44)27-24-14-15-33(29,46-24)28(27)30(38)42/h1-4,6-12,14-15,24-25,27-29,40H,5,13,16-20H2,(H,34,41)/b8-2-/t24-,25-,27+,28+,29-,33+/m0/s1. The number of aliphatic hydroxyl groups excluding tert-OH is 1. The first-order valence-corrected chi connectivity index (χ1v) is 15.4. The summed E-state index contributed by atoms with van der Waals surface area (Å²) in [6, 6.07) is 15.3. The molecule has 2 saturated heterocycles. The molecule has 4 aliphatic rings. The molecule has 6 atom stereocenters. The molecular formula is C33H34N6O7. The number of nitrogens with zero attached hydrogens (tertiary/aromatic N) is 5. The Morgan fingerprint density at radius 1 is 1.00 bits per heavy atom. The SMILES string of the molecule is O=C1CC/C=C\CN(Cn2nnc3ccccc32)C(=O)[C@@H]2N(CCO)C(=O)[C@H]3[C@H](C(=O)O[C@H](c4ccccc4)CN1)[C@@H]1C=C[C@]23O1. The van der Waals surface area contributed by atoms with E-state index in [9.17, 15) is 24.3 Å². The van der Waals surface area contributed by atoms with Crippen molar-refractivity contribution in [2.24, 2.45) is 11.8 Å². The molecule has 2 fully saturated rings. The molecule has 0 aliphatic carbocycles. The first kappa shape index (κ1) is 29.8. The van der Waals surface area contributed by atoms with Crippen molar-refractivity contribution in [3.8, 4) is 0 Å². The van der Waals surface area contributed by atoms with Crippen LogP contribution in [-0.4, -0.2) is 97.6 Å². The zero-order chi connectivity index (χ0) is 31.8. The number of carbonyl (C=O) groups excluding carboxylic acids is 4. The van der Waals surface area contributed by atoms with Crippen molar-refractivity contribution in [2.75, 3.05) is 26.2 Å². The van der Waals surface area contributed by atoms with Gasteiger partial charge in [0.15, 0.2) is 0 Å². The zero-order valence-corrected chi connectivity index (χ0v) is 25.0. The Labute approximate surface area is 264 Å². The number of rotatable bonds is 5. The normalized spacial score (nSPS) is 30.5. The van der Waals surface area contributed by atoms with Gasteiger partial charge in [-0.3, -0.25) is 19.2 Å². The van der Waals surface area contributed by atoms with Crippen LogP contribution in [0.15, 0.2) is 78.9 Å². The number of ether oxygens (including phenoxy) is 2. The Morgan fingerprint density at radius 2 is 1.80 bits per heavy atom. The molecule has 4 aliphatic heterocycles. The van der Waals surface area contributed by atoms with E-state index in [1.54, 1.807) is 35.0 Å². The molecule has 13 heteroatoms. The summed E-state index contributed by atoms with van der Waals surface area (Å²) in [5.74, 6) is -3.84. The molecule has 5 heterocycles. The molecule has 1 aromatic heterocycles. The Kier molecular flexibility index (Phi) is 7.87. The summed E-state index contributed by atoms with van der Waals surface area (Å²) in [7, 11) is 0. The van der Waals surface area contributed by atoms with Crippen LogP contribution in [-0.2, 0) is 35.3 Å². The van der Waals surface area contributed by atoms with Gasteiger partial charge >= 0.3 is 5.97 Å². The number of allylic oxidation sites excluding steroid dienone is 1. The largest absolute Gasteiger partial charge is 0.455 e. The third-order valence-corrected chi connectivity index (χ3v) is 9.20. The smallest absolute Gasteiger partial charge is 0.313 e. The summed E-state index contributed by atoms with van der Waals surface area (Å²) < 4.78 is 14.1. The van der Waals surface area contributed by atoms with Crippen LogP contribution in [0.25, 0.3) is 11.0 Å². The first-order chi connectivity index (χ1) is 22.4. The average molecular weight is 627 g/mol. The van der Waals surface area contributed by atoms with E-state index in [1.807, 2.05) is 48.5 Å². The van der Waals surface area contributed by atoms with E-state index in [0.717, 1.165) is 5.52 Å². The summed E-state index contributed by atoms with van der Waals surface area (Å²) in [6.07, 6.45) is 6.07. The summed E-state index contributed by atoms with van der Waals surface area (Å²) in [5, 5.41) is 21.3. The molecule has 0 unspecified atom stereocenters. The third kappa shape index (κ3) is 5.05. The summed E-state index contributed by atoms with van der Waals surface area (Å²) in [4.78, 5) is 58.3. The summed E-state index contributed by atoms with van der Waals surface area (Å²) in [5.41, 5.74) is 0.634. The number of hydrogen-bond donors (Lipinski definition) is 2. The molecule has 5 bridgehead atoms. The van der Waals surface area contributed by atoms with E-state index in [2.05, 4.69) is 15.6 Å². The highest BCUT2D eigenvalue weighted by atomic mass is 16.6. The minimum atomic E-state index is -1.44. The quantitative estimate of drug-likeness (QED) is 0.313. The van der Waals surface area contributed by atoms with Crippen molar-refractivity contribution >= 4 is 34.7 Å². The maximum absolute atomic E-state index is 14.6. The molecule has 0 saturated carbocycles. The molecule has 1 spiro atoms. The summed E-state index contributed by atoms with van der Waals surface area (Å²) in [6.45, 7) is -0.301.